The van der Waals surface area contributed by atoms with Gasteiger partial charge in [-0.05, 0) is 6.92 Å². The number of alkyl carbamates (subject to hydrolysis) is 2. The Morgan fingerprint density at radius 1 is 1.00 bits per heavy atom. The second kappa shape index (κ2) is 10.1. The SMILES string of the molecule is COCOC(=O)NCC(NC(=O)OCOC)C(C)=O. The number of amides is 2. The lowest BCUT2D eigenvalue weighted by Gasteiger charge is -2.16. The highest BCUT2D eigenvalue weighted by Gasteiger charge is 2.18. The molecule has 2 N–H and O–H groups in total. The molecule has 1 unspecified atom stereocenters. The molecule has 0 saturated carbocycles. The fraction of sp³-hybridized carbons (Fsp3) is 0.700. The van der Waals surface area contributed by atoms with Crippen LogP contribution in [0.1, 0.15) is 6.92 Å². The number of carbonyl (C=O) groups excluding carboxylic acids is 3. The highest BCUT2D eigenvalue weighted by molar-refractivity contribution is 5.86. The molecule has 0 rings (SSSR count). The molecule has 0 bridgehead atoms. The number of hydrogen-bond donors (Lipinski definition) is 2. The van der Waals surface area contributed by atoms with Crippen molar-refractivity contribution in [2.75, 3.05) is 34.4 Å². The number of hydrogen-bond acceptors (Lipinski definition) is 7. The van der Waals surface area contributed by atoms with Crippen LogP contribution in [0.2, 0.25) is 0 Å². The van der Waals surface area contributed by atoms with Gasteiger partial charge in [0.25, 0.3) is 0 Å². The van der Waals surface area contributed by atoms with E-state index in [1.54, 1.807) is 0 Å². The van der Waals surface area contributed by atoms with Crippen LogP contribution >= 0.6 is 0 Å². The van der Waals surface area contributed by atoms with Gasteiger partial charge in [-0.2, -0.15) is 0 Å². The maximum absolute atomic E-state index is 11.3. The predicted molar refractivity (Wildman–Crippen MR) is 62.3 cm³/mol. The summed E-state index contributed by atoms with van der Waals surface area (Å²) in [4.78, 5) is 33.6. The summed E-state index contributed by atoms with van der Waals surface area (Å²) in [5, 5.41) is 4.57. The summed E-state index contributed by atoms with van der Waals surface area (Å²) >= 11 is 0. The van der Waals surface area contributed by atoms with E-state index < -0.39 is 18.2 Å². The Morgan fingerprint density at radius 2 is 1.53 bits per heavy atom. The Balaban J connectivity index is 4.08. The lowest BCUT2D eigenvalue weighted by atomic mass is 10.2. The number of Topliss-reactive ketones (excluding diaryl/α,β-unsaturated/α-hetero) is 1. The van der Waals surface area contributed by atoms with Crippen LogP contribution in [-0.2, 0) is 23.7 Å². The van der Waals surface area contributed by atoms with Crippen molar-refractivity contribution in [2.24, 2.45) is 0 Å². The first-order valence-corrected chi connectivity index (χ1v) is 5.33. The Kier molecular flexibility index (Phi) is 9.10. The highest BCUT2D eigenvalue weighted by atomic mass is 16.7. The zero-order valence-corrected chi connectivity index (χ0v) is 11.1. The fourth-order valence-electron chi connectivity index (χ4n) is 0.942. The van der Waals surface area contributed by atoms with Crippen molar-refractivity contribution >= 4 is 18.0 Å². The molecule has 0 aliphatic carbocycles. The van der Waals surface area contributed by atoms with Crippen LogP contribution in [0.25, 0.3) is 0 Å². The number of methoxy groups -OCH3 is 2. The first-order valence-electron chi connectivity index (χ1n) is 5.33. The Morgan fingerprint density at radius 3 is 2.00 bits per heavy atom. The van der Waals surface area contributed by atoms with Gasteiger partial charge in [0.2, 0.25) is 0 Å². The van der Waals surface area contributed by atoms with Gasteiger partial charge in [-0.15, -0.1) is 0 Å². The summed E-state index contributed by atoms with van der Waals surface area (Å²) in [7, 11) is 2.71. The predicted octanol–water partition coefficient (Wildman–Crippen LogP) is -0.396. The average molecular weight is 278 g/mol. The molecule has 9 nitrogen and oxygen atoms in total. The highest BCUT2D eigenvalue weighted by Crippen LogP contribution is 1.89. The minimum atomic E-state index is -0.917. The first kappa shape index (κ1) is 17.1. The molecular weight excluding hydrogens is 260 g/mol. The molecule has 0 spiro atoms. The van der Waals surface area contributed by atoms with Crippen LogP contribution in [0.4, 0.5) is 9.59 Å². The maximum atomic E-state index is 11.3. The minimum Gasteiger partial charge on any atom is -0.422 e. The van der Waals surface area contributed by atoms with Crippen molar-refractivity contribution in [1.82, 2.24) is 10.6 Å². The normalized spacial score (nSPS) is 11.3. The van der Waals surface area contributed by atoms with Gasteiger partial charge in [-0.25, -0.2) is 9.59 Å². The molecule has 0 aromatic rings. The second-order valence-corrected chi connectivity index (χ2v) is 3.37. The Hall–Kier alpha value is -1.87. The van der Waals surface area contributed by atoms with Crippen LogP contribution in [0, 0.1) is 0 Å². The molecule has 0 saturated heterocycles. The van der Waals surface area contributed by atoms with Crippen LogP contribution < -0.4 is 10.6 Å². The summed E-state index contributed by atoms with van der Waals surface area (Å²) in [6, 6.07) is -0.917. The van der Waals surface area contributed by atoms with Crippen molar-refractivity contribution in [3.63, 3.8) is 0 Å². The van der Waals surface area contributed by atoms with Crippen molar-refractivity contribution in [1.29, 1.82) is 0 Å². The molecule has 0 aliphatic heterocycles. The third-order valence-corrected chi connectivity index (χ3v) is 1.85. The summed E-state index contributed by atoms with van der Waals surface area (Å²) in [6.07, 6.45) is -1.59. The number of rotatable bonds is 8. The van der Waals surface area contributed by atoms with E-state index in [2.05, 4.69) is 29.6 Å². The molecule has 9 heteroatoms. The molecule has 0 aromatic heterocycles. The third-order valence-electron chi connectivity index (χ3n) is 1.85. The lowest BCUT2D eigenvalue weighted by Crippen LogP contribution is -2.48. The number of ether oxygens (including phenoxy) is 4. The second-order valence-electron chi connectivity index (χ2n) is 3.37. The zero-order valence-electron chi connectivity index (χ0n) is 11.1. The van der Waals surface area contributed by atoms with Gasteiger partial charge in [0, 0.05) is 20.8 Å². The molecule has 0 aromatic carbocycles. The van der Waals surface area contributed by atoms with Gasteiger partial charge in [0.05, 0.1) is 0 Å². The number of nitrogens with one attached hydrogen (secondary N) is 2. The van der Waals surface area contributed by atoms with Crippen LogP contribution in [-0.4, -0.2) is 58.4 Å². The quantitative estimate of drug-likeness (QED) is 0.581. The maximum Gasteiger partial charge on any atom is 0.409 e. The van der Waals surface area contributed by atoms with E-state index in [0.29, 0.717) is 0 Å². The molecular formula is C10H18N2O7. The van der Waals surface area contributed by atoms with Gasteiger partial charge >= 0.3 is 12.2 Å². The Labute approximate surface area is 110 Å². The zero-order chi connectivity index (χ0) is 14.7. The van der Waals surface area contributed by atoms with Gasteiger partial charge in [-0.3, -0.25) is 4.79 Å². The van der Waals surface area contributed by atoms with Crippen LogP contribution in [0.3, 0.4) is 0 Å². The van der Waals surface area contributed by atoms with E-state index in [1.807, 2.05) is 0 Å². The summed E-state index contributed by atoms with van der Waals surface area (Å²) in [6.45, 7) is 0.697. The molecule has 0 aliphatic rings. The van der Waals surface area contributed by atoms with Crippen molar-refractivity contribution in [3.05, 3.63) is 0 Å². The van der Waals surface area contributed by atoms with E-state index >= 15 is 0 Å². The lowest BCUT2D eigenvalue weighted by molar-refractivity contribution is -0.118. The largest absolute Gasteiger partial charge is 0.422 e. The topological polar surface area (TPSA) is 112 Å². The monoisotopic (exact) mass is 278 g/mol. The van der Waals surface area contributed by atoms with Crippen LogP contribution in [0.15, 0.2) is 0 Å². The number of ketones is 1. The van der Waals surface area contributed by atoms with Gasteiger partial charge in [0.15, 0.2) is 19.4 Å². The Bertz CT molecular complexity index is 308. The molecule has 2 amide bonds. The fourth-order valence-corrected chi connectivity index (χ4v) is 0.942. The van der Waals surface area contributed by atoms with Gasteiger partial charge < -0.3 is 29.6 Å². The summed E-state index contributed by atoms with van der Waals surface area (Å²) in [5.41, 5.74) is 0. The summed E-state index contributed by atoms with van der Waals surface area (Å²) in [5.74, 6) is -0.346. The van der Waals surface area contributed by atoms with E-state index in [1.165, 1.54) is 21.1 Å². The number of carbonyl (C=O) groups is 3. The van der Waals surface area contributed by atoms with Gasteiger partial charge in [0.1, 0.15) is 6.04 Å². The average Bonchev–Trinajstić information content (AvgIpc) is 2.38. The van der Waals surface area contributed by atoms with Crippen molar-refractivity contribution in [2.45, 2.75) is 13.0 Å². The van der Waals surface area contributed by atoms with Crippen molar-refractivity contribution < 1.29 is 33.3 Å². The molecule has 0 fully saturated rings. The molecule has 1 atom stereocenters. The smallest absolute Gasteiger partial charge is 0.409 e. The van der Waals surface area contributed by atoms with E-state index in [-0.39, 0.29) is 25.9 Å². The molecule has 19 heavy (non-hydrogen) atoms. The molecule has 110 valence electrons. The van der Waals surface area contributed by atoms with E-state index in [4.69, 9.17) is 0 Å². The van der Waals surface area contributed by atoms with Crippen LogP contribution in [0.5, 0.6) is 0 Å². The van der Waals surface area contributed by atoms with E-state index in [0.717, 1.165) is 0 Å². The van der Waals surface area contributed by atoms with E-state index in [9.17, 15) is 14.4 Å². The van der Waals surface area contributed by atoms with Crippen molar-refractivity contribution in [3.8, 4) is 0 Å². The third kappa shape index (κ3) is 8.80. The summed E-state index contributed by atoms with van der Waals surface area (Å²) < 4.78 is 18.1. The molecule has 0 radical (unpaired) electrons. The standard InChI is InChI=1S/C10H18N2O7/c1-7(13)8(12-10(15)19-6-17-3)4-11-9(14)18-5-16-2/h8H,4-6H2,1-3H3,(H,11,14)(H,12,15). The molecule has 0 heterocycles. The van der Waals surface area contributed by atoms with Gasteiger partial charge in [-0.1, -0.05) is 0 Å². The minimum absolute atomic E-state index is 0.125. The first-order chi connectivity index (χ1) is 9.01.